The van der Waals surface area contributed by atoms with E-state index in [1.54, 1.807) is 6.21 Å². The maximum Gasteiger partial charge on any atom is 0.186 e. The molecule has 0 bridgehead atoms. The van der Waals surface area contributed by atoms with Gasteiger partial charge >= 0.3 is 0 Å². The van der Waals surface area contributed by atoms with E-state index in [4.69, 9.17) is 17.0 Å². The van der Waals surface area contributed by atoms with Crippen LogP contribution in [0.3, 0.4) is 0 Å². The third kappa shape index (κ3) is 6.22. The number of hydrazone groups is 1. The van der Waals surface area contributed by atoms with E-state index in [1.165, 1.54) is 0 Å². The second-order valence-corrected chi connectivity index (χ2v) is 7.07. The Bertz CT molecular complexity index is 720. The molecule has 126 valence electrons. The van der Waals surface area contributed by atoms with Crippen molar-refractivity contribution < 1.29 is 4.74 Å². The topological polar surface area (TPSA) is 45.7 Å². The third-order valence-corrected chi connectivity index (χ3v) is 4.24. The molecule has 0 saturated heterocycles. The molecular formula is C17H17Br2N3OS. The number of hydrogen-bond donors (Lipinski definition) is 2. The Morgan fingerprint density at radius 3 is 2.58 bits per heavy atom. The fourth-order valence-corrected chi connectivity index (χ4v) is 2.69. The molecule has 0 spiro atoms. The molecule has 0 fully saturated rings. The van der Waals surface area contributed by atoms with E-state index >= 15 is 0 Å². The normalized spacial score (nSPS) is 10.6. The van der Waals surface area contributed by atoms with Crippen molar-refractivity contribution >= 4 is 55.4 Å². The lowest BCUT2D eigenvalue weighted by Gasteiger charge is -2.10. The van der Waals surface area contributed by atoms with Crippen molar-refractivity contribution in [3.05, 3.63) is 62.5 Å². The van der Waals surface area contributed by atoms with Crippen LogP contribution >= 0.6 is 44.1 Å². The number of hydrogen-bond acceptors (Lipinski definition) is 3. The highest BCUT2D eigenvalue weighted by atomic mass is 79.9. The van der Waals surface area contributed by atoms with E-state index in [9.17, 15) is 0 Å². The fourth-order valence-electron chi connectivity index (χ4n) is 1.85. The molecule has 0 amide bonds. The summed E-state index contributed by atoms with van der Waals surface area (Å²) >= 11 is 12.0. The molecule has 2 aromatic carbocycles. The van der Waals surface area contributed by atoms with Gasteiger partial charge in [0.15, 0.2) is 5.11 Å². The lowest BCUT2D eigenvalue weighted by atomic mass is 10.2. The minimum absolute atomic E-state index is 0.485. The van der Waals surface area contributed by atoms with Gasteiger partial charge in [0.1, 0.15) is 12.4 Å². The average Bonchev–Trinajstić information content (AvgIpc) is 2.56. The van der Waals surface area contributed by atoms with E-state index in [0.29, 0.717) is 11.7 Å². The molecule has 24 heavy (non-hydrogen) atoms. The number of rotatable bonds is 6. The van der Waals surface area contributed by atoms with Gasteiger partial charge in [0.2, 0.25) is 0 Å². The Kier molecular flexibility index (Phi) is 7.68. The molecule has 0 atom stereocenters. The first-order chi connectivity index (χ1) is 11.6. The van der Waals surface area contributed by atoms with Gasteiger partial charge in [-0.15, -0.1) is 0 Å². The van der Waals surface area contributed by atoms with E-state index in [-0.39, 0.29) is 0 Å². The van der Waals surface area contributed by atoms with E-state index in [2.05, 4.69) is 47.7 Å². The van der Waals surface area contributed by atoms with Gasteiger partial charge in [0.25, 0.3) is 0 Å². The van der Waals surface area contributed by atoms with Gasteiger partial charge in [-0.05, 0) is 55.0 Å². The zero-order valence-corrected chi connectivity index (χ0v) is 17.0. The van der Waals surface area contributed by atoms with Gasteiger partial charge in [-0.2, -0.15) is 5.10 Å². The smallest absolute Gasteiger partial charge is 0.186 e. The Morgan fingerprint density at radius 1 is 1.17 bits per heavy atom. The van der Waals surface area contributed by atoms with Crippen molar-refractivity contribution in [2.75, 3.05) is 6.54 Å². The van der Waals surface area contributed by atoms with E-state index in [0.717, 1.165) is 32.4 Å². The van der Waals surface area contributed by atoms with Crippen LogP contribution in [-0.2, 0) is 6.61 Å². The predicted molar refractivity (Wildman–Crippen MR) is 110 cm³/mol. The van der Waals surface area contributed by atoms with Crippen LogP contribution in [0.2, 0.25) is 0 Å². The van der Waals surface area contributed by atoms with Crippen LogP contribution in [0.5, 0.6) is 5.75 Å². The molecule has 0 aliphatic carbocycles. The van der Waals surface area contributed by atoms with Gasteiger partial charge in [0.05, 0.1) is 6.21 Å². The first-order valence-corrected chi connectivity index (χ1v) is 9.31. The molecule has 0 aliphatic heterocycles. The molecule has 2 N–H and O–H groups in total. The minimum atomic E-state index is 0.485. The fraction of sp³-hybridized carbons (Fsp3) is 0.176. The lowest BCUT2D eigenvalue weighted by Crippen LogP contribution is -2.31. The Morgan fingerprint density at radius 2 is 1.88 bits per heavy atom. The Labute approximate surface area is 163 Å². The van der Waals surface area contributed by atoms with Crippen molar-refractivity contribution in [3.63, 3.8) is 0 Å². The van der Waals surface area contributed by atoms with E-state index in [1.807, 2.05) is 49.4 Å². The SMILES string of the molecule is CCNC(=S)N/N=C\c1cc(Br)ccc1OCc1ccc(Br)cc1. The molecule has 0 saturated carbocycles. The summed E-state index contributed by atoms with van der Waals surface area (Å²) in [6.07, 6.45) is 1.69. The largest absolute Gasteiger partial charge is 0.488 e. The molecule has 0 radical (unpaired) electrons. The van der Waals surface area contributed by atoms with Crippen molar-refractivity contribution in [3.8, 4) is 5.75 Å². The molecule has 0 aliphatic rings. The second-order valence-electron chi connectivity index (χ2n) is 4.83. The van der Waals surface area contributed by atoms with Crippen molar-refractivity contribution in [2.45, 2.75) is 13.5 Å². The van der Waals surface area contributed by atoms with Crippen LogP contribution in [0.4, 0.5) is 0 Å². The number of nitrogens with zero attached hydrogens (tertiary/aromatic N) is 1. The van der Waals surface area contributed by atoms with Crippen LogP contribution in [0.15, 0.2) is 56.5 Å². The molecule has 0 heterocycles. The van der Waals surface area contributed by atoms with Crippen molar-refractivity contribution in [1.82, 2.24) is 10.7 Å². The van der Waals surface area contributed by atoms with Crippen molar-refractivity contribution in [2.24, 2.45) is 5.10 Å². The summed E-state index contributed by atoms with van der Waals surface area (Å²) in [6, 6.07) is 13.8. The maximum absolute atomic E-state index is 5.92. The van der Waals surface area contributed by atoms with Gasteiger partial charge in [-0.1, -0.05) is 44.0 Å². The van der Waals surface area contributed by atoms with E-state index < -0.39 is 0 Å². The summed E-state index contributed by atoms with van der Waals surface area (Å²) < 4.78 is 7.92. The minimum Gasteiger partial charge on any atom is -0.488 e. The molecule has 7 heteroatoms. The average molecular weight is 471 g/mol. The van der Waals surface area contributed by atoms with Crippen LogP contribution < -0.4 is 15.5 Å². The van der Waals surface area contributed by atoms with Crippen LogP contribution in [0.25, 0.3) is 0 Å². The Hall–Kier alpha value is -1.44. The first-order valence-electron chi connectivity index (χ1n) is 7.32. The summed E-state index contributed by atoms with van der Waals surface area (Å²) in [4.78, 5) is 0. The molecule has 4 nitrogen and oxygen atoms in total. The molecule has 0 aromatic heterocycles. The van der Waals surface area contributed by atoms with Crippen LogP contribution in [-0.4, -0.2) is 17.9 Å². The molecule has 2 aromatic rings. The number of thiocarbonyl (C=S) groups is 1. The number of benzene rings is 2. The van der Waals surface area contributed by atoms with Gasteiger partial charge in [0, 0.05) is 21.1 Å². The highest BCUT2D eigenvalue weighted by molar-refractivity contribution is 9.10. The summed E-state index contributed by atoms with van der Waals surface area (Å²) in [5, 5.41) is 7.60. The highest BCUT2D eigenvalue weighted by Crippen LogP contribution is 2.23. The van der Waals surface area contributed by atoms with Gasteiger partial charge in [-0.25, -0.2) is 0 Å². The maximum atomic E-state index is 5.92. The number of halogens is 2. The summed E-state index contributed by atoms with van der Waals surface area (Å²) in [7, 11) is 0. The van der Waals surface area contributed by atoms with Gasteiger partial charge in [-0.3, -0.25) is 5.43 Å². The number of ether oxygens (including phenoxy) is 1. The zero-order chi connectivity index (χ0) is 17.4. The molecule has 2 rings (SSSR count). The molecule has 0 unspecified atom stereocenters. The highest BCUT2D eigenvalue weighted by Gasteiger charge is 2.04. The predicted octanol–water partition coefficient (Wildman–Crippen LogP) is 4.61. The lowest BCUT2D eigenvalue weighted by molar-refractivity contribution is 0.305. The first kappa shape index (κ1) is 18.9. The van der Waals surface area contributed by atoms with Crippen molar-refractivity contribution in [1.29, 1.82) is 0 Å². The quantitative estimate of drug-likeness (QED) is 0.367. The van der Waals surface area contributed by atoms with Crippen LogP contribution in [0.1, 0.15) is 18.1 Å². The summed E-state index contributed by atoms with van der Waals surface area (Å²) in [5.41, 5.74) is 4.72. The monoisotopic (exact) mass is 469 g/mol. The van der Waals surface area contributed by atoms with Crippen LogP contribution in [0, 0.1) is 0 Å². The summed E-state index contributed by atoms with van der Waals surface area (Å²) in [5.74, 6) is 0.751. The molecular weight excluding hydrogens is 454 g/mol. The summed E-state index contributed by atoms with van der Waals surface area (Å²) in [6.45, 7) is 3.21. The van der Waals surface area contributed by atoms with Gasteiger partial charge < -0.3 is 10.1 Å². The Balaban J connectivity index is 2.05. The standard InChI is InChI=1S/C17H17Br2N3OS/c1-2-20-17(24)22-21-10-13-9-15(19)7-8-16(13)23-11-12-3-5-14(18)6-4-12/h3-10H,2,11H2,1H3,(H2,20,22,24)/b21-10-. The zero-order valence-electron chi connectivity index (χ0n) is 13.1. The number of nitrogens with one attached hydrogen (secondary N) is 2. The second kappa shape index (κ2) is 9.76. The third-order valence-electron chi connectivity index (χ3n) is 2.99.